The Morgan fingerprint density at radius 2 is 1.73 bits per heavy atom. The first-order valence-corrected chi connectivity index (χ1v) is 7.65. The number of anilines is 1. The predicted octanol–water partition coefficient (Wildman–Crippen LogP) is 0.263. The topological polar surface area (TPSA) is 73.5 Å². The Kier molecular flexibility index (Phi) is 5.91. The van der Waals surface area contributed by atoms with Crippen molar-refractivity contribution in [2.24, 2.45) is 0 Å². The molecule has 2 rings (SSSR count). The molecule has 1 aromatic rings. The molecule has 0 unspecified atom stereocenters. The van der Waals surface area contributed by atoms with E-state index < -0.39 is 11.8 Å². The zero-order valence-electron chi connectivity index (χ0n) is 13.2. The summed E-state index contributed by atoms with van der Waals surface area (Å²) in [4.78, 5) is 25.9. The number of carbonyl (C=O) groups is 2. The van der Waals surface area contributed by atoms with E-state index in [0.29, 0.717) is 12.2 Å². The molecule has 1 aliphatic rings. The highest BCUT2D eigenvalue weighted by Crippen LogP contribution is 2.13. The molecule has 0 saturated carbocycles. The monoisotopic (exact) mass is 304 g/mol. The number of nitrogens with one attached hydrogen (secondary N) is 3. The van der Waals surface area contributed by atoms with E-state index in [2.05, 4.69) is 20.9 Å². The first-order chi connectivity index (χ1) is 10.5. The molecule has 120 valence electrons. The maximum atomic E-state index is 11.9. The molecule has 0 bridgehead atoms. The van der Waals surface area contributed by atoms with Gasteiger partial charge in [-0.2, -0.15) is 0 Å². The van der Waals surface area contributed by atoms with E-state index >= 15 is 0 Å². The molecular weight excluding hydrogens is 280 g/mol. The maximum Gasteiger partial charge on any atom is 0.313 e. The van der Waals surface area contributed by atoms with Crippen LogP contribution in [0.5, 0.6) is 0 Å². The van der Waals surface area contributed by atoms with Gasteiger partial charge in [-0.1, -0.05) is 6.07 Å². The Morgan fingerprint density at radius 3 is 2.36 bits per heavy atom. The highest BCUT2D eigenvalue weighted by molar-refractivity contribution is 6.39. The van der Waals surface area contributed by atoms with Gasteiger partial charge in [-0.05, 0) is 37.1 Å². The van der Waals surface area contributed by atoms with Gasteiger partial charge in [0.15, 0.2) is 0 Å². The van der Waals surface area contributed by atoms with Gasteiger partial charge in [0.05, 0.1) is 0 Å². The van der Waals surface area contributed by atoms with Crippen molar-refractivity contribution in [3.05, 3.63) is 29.3 Å². The van der Waals surface area contributed by atoms with Crippen molar-refractivity contribution < 1.29 is 9.59 Å². The fourth-order valence-corrected chi connectivity index (χ4v) is 2.58. The second kappa shape index (κ2) is 7.91. The van der Waals surface area contributed by atoms with Crippen molar-refractivity contribution in [1.29, 1.82) is 0 Å². The molecule has 1 saturated heterocycles. The number of hydrogen-bond acceptors (Lipinski definition) is 4. The van der Waals surface area contributed by atoms with Crippen LogP contribution in [0.3, 0.4) is 0 Å². The van der Waals surface area contributed by atoms with Crippen LogP contribution < -0.4 is 16.0 Å². The van der Waals surface area contributed by atoms with Gasteiger partial charge < -0.3 is 16.0 Å². The molecule has 6 nitrogen and oxygen atoms in total. The minimum absolute atomic E-state index is 0.485. The summed E-state index contributed by atoms with van der Waals surface area (Å²) >= 11 is 0. The molecule has 1 aromatic carbocycles. The Labute approximate surface area is 131 Å². The Balaban J connectivity index is 1.75. The molecule has 0 atom stereocenters. The van der Waals surface area contributed by atoms with Crippen LogP contribution in [0.4, 0.5) is 5.69 Å². The Morgan fingerprint density at radius 1 is 1.09 bits per heavy atom. The average Bonchev–Trinajstić information content (AvgIpc) is 2.47. The number of nitrogens with zero attached hydrogens (tertiary/aromatic N) is 1. The zero-order valence-corrected chi connectivity index (χ0v) is 13.2. The van der Waals surface area contributed by atoms with E-state index in [1.807, 2.05) is 32.0 Å². The van der Waals surface area contributed by atoms with E-state index in [-0.39, 0.29) is 0 Å². The summed E-state index contributed by atoms with van der Waals surface area (Å²) in [5.74, 6) is -1.21. The number of piperazine rings is 1. The summed E-state index contributed by atoms with van der Waals surface area (Å²) in [5.41, 5.74) is 2.75. The number of rotatable bonds is 4. The minimum atomic E-state index is -0.620. The van der Waals surface area contributed by atoms with Gasteiger partial charge in [0.25, 0.3) is 0 Å². The summed E-state index contributed by atoms with van der Waals surface area (Å²) in [7, 11) is 0. The summed E-state index contributed by atoms with van der Waals surface area (Å²) in [6, 6.07) is 5.71. The standard InChI is InChI=1S/C16H24N4O2/c1-12-9-13(2)11-14(10-12)19-16(22)15(21)18-5-8-20-6-3-17-4-7-20/h9-11,17H,3-8H2,1-2H3,(H,18,21)(H,19,22). The van der Waals surface area contributed by atoms with Crippen molar-refractivity contribution in [1.82, 2.24) is 15.5 Å². The molecule has 22 heavy (non-hydrogen) atoms. The van der Waals surface area contributed by atoms with Gasteiger partial charge in [-0.3, -0.25) is 14.5 Å². The van der Waals surface area contributed by atoms with Gasteiger partial charge in [-0.25, -0.2) is 0 Å². The largest absolute Gasteiger partial charge is 0.347 e. The molecule has 6 heteroatoms. The molecule has 3 N–H and O–H groups in total. The van der Waals surface area contributed by atoms with Crippen molar-refractivity contribution in [2.75, 3.05) is 44.6 Å². The van der Waals surface area contributed by atoms with E-state index in [1.54, 1.807) is 0 Å². The smallest absolute Gasteiger partial charge is 0.313 e. The number of amides is 2. The summed E-state index contributed by atoms with van der Waals surface area (Å²) in [6.07, 6.45) is 0. The minimum Gasteiger partial charge on any atom is -0.347 e. The SMILES string of the molecule is Cc1cc(C)cc(NC(=O)C(=O)NCCN2CCNCC2)c1. The van der Waals surface area contributed by atoms with Gasteiger partial charge in [0.2, 0.25) is 0 Å². The number of hydrogen-bond donors (Lipinski definition) is 3. The molecular formula is C16H24N4O2. The Hall–Kier alpha value is -1.92. The number of benzene rings is 1. The zero-order chi connectivity index (χ0) is 15.9. The van der Waals surface area contributed by atoms with Gasteiger partial charge >= 0.3 is 11.8 Å². The van der Waals surface area contributed by atoms with Crippen LogP contribution in [0.1, 0.15) is 11.1 Å². The lowest BCUT2D eigenvalue weighted by molar-refractivity contribution is -0.136. The van der Waals surface area contributed by atoms with E-state index in [0.717, 1.165) is 43.9 Å². The van der Waals surface area contributed by atoms with Crippen LogP contribution in [-0.4, -0.2) is 56.0 Å². The highest BCUT2D eigenvalue weighted by atomic mass is 16.2. The van der Waals surface area contributed by atoms with Crippen molar-refractivity contribution >= 4 is 17.5 Å². The van der Waals surface area contributed by atoms with Gasteiger partial charge in [-0.15, -0.1) is 0 Å². The van der Waals surface area contributed by atoms with Gasteiger partial charge in [0.1, 0.15) is 0 Å². The highest BCUT2D eigenvalue weighted by Gasteiger charge is 2.15. The van der Waals surface area contributed by atoms with Crippen LogP contribution >= 0.6 is 0 Å². The fourth-order valence-electron chi connectivity index (χ4n) is 2.58. The molecule has 1 heterocycles. The molecule has 1 fully saturated rings. The first-order valence-electron chi connectivity index (χ1n) is 7.65. The van der Waals surface area contributed by atoms with Crippen molar-refractivity contribution in [3.63, 3.8) is 0 Å². The molecule has 0 aliphatic carbocycles. The third-order valence-corrected chi connectivity index (χ3v) is 3.61. The molecule has 2 amide bonds. The van der Waals surface area contributed by atoms with Crippen molar-refractivity contribution in [2.45, 2.75) is 13.8 Å². The molecule has 1 aliphatic heterocycles. The van der Waals surface area contributed by atoms with Crippen LogP contribution in [0.25, 0.3) is 0 Å². The lowest BCUT2D eigenvalue weighted by Crippen LogP contribution is -2.47. The van der Waals surface area contributed by atoms with Crippen LogP contribution in [0, 0.1) is 13.8 Å². The molecule has 0 spiro atoms. The molecule has 0 aromatic heterocycles. The summed E-state index contributed by atoms with van der Waals surface area (Å²) in [6.45, 7) is 9.06. The predicted molar refractivity (Wildman–Crippen MR) is 86.9 cm³/mol. The van der Waals surface area contributed by atoms with Crippen LogP contribution in [0.2, 0.25) is 0 Å². The lowest BCUT2D eigenvalue weighted by Gasteiger charge is -2.26. The van der Waals surface area contributed by atoms with E-state index in [9.17, 15) is 9.59 Å². The summed E-state index contributed by atoms with van der Waals surface area (Å²) in [5, 5.41) is 8.58. The maximum absolute atomic E-state index is 11.9. The number of aryl methyl sites for hydroxylation is 2. The van der Waals surface area contributed by atoms with E-state index in [4.69, 9.17) is 0 Å². The third-order valence-electron chi connectivity index (χ3n) is 3.61. The number of carbonyl (C=O) groups excluding carboxylic acids is 2. The van der Waals surface area contributed by atoms with Crippen LogP contribution in [0.15, 0.2) is 18.2 Å². The second-order valence-electron chi connectivity index (χ2n) is 5.68. The quantitative estimate of drug-likeness (QED) is 0.698. The van der Waals surface area contributed by atoms with Crippen LogP contribution in [-0.2, 0) is 9.59 Å². The lowest BCUT2D eigenvalue weighted by atomic mass is 10.1. The Bertz CT molecular complexity index is 519. The third kappa shape index (κ3) is 5.13. The van der Waals surface area contributed by atoms with Gasteiger partial charge in [0, 0.05) is 45.0 Å². The fraction of sp³-hybridized carbons (Fsp3) is 0.500. The van der Waals surface area contributed by atoms with Crippen molar-refractivity contribution in [3.8, 4) is 0 Å². The average molecular weight is 304 g/mol. The summed E-state index contributed by atoms with van der Waals surface area (Å²) < 4.78 is 0. The second-order valence-corrected chi connectivity index (χ2v) is 5.68. The van der Waals surface area contributed by atoms with E-state index in [1.165, 1.54) is 0 Å². The normalized spacial score (nSPS) is 15.4. The first kappa shape index (κ1) is 16.5. The molecule has 0 radical (unpaired) electrons.